The Morgan fingerprint density at radius 2 is 2.00 bits per heavy atom. The van der Waals surface area contributed by atoms with E-state index in [-0.39, 0.29) is 13.1 Å². The minimum atomic E-state index is -3.41. The predicted octanol–water partition coefficient (Wildman–Crippen LogP) is 1.37. The van der Waals surface area contributed by atoms with E-state index in [4.69, 9.17) is 0 Å². The number of para-hydroxylation sites is 1. The number of aryl methyl sites for hydroxylation is 1. The molecule has 1 amide bonds. The van der Waals surface area contributed by atoms with E-state index in [1.165, 1.54) is 11.4 Å². The van der Waals surface area contributed by atoms with E-state index in [0.29, 0.717) is 5.69 Å². The molecule has 112 valence electrons. The fourth-order valence-corrected chi connectivity index (χ4v) is 2.81. The highest BCUT2D eigenvalue weighted by molar-refractivity contribution is 7.92. The van der Waals surface area contributed by atoms with Crippen LogP contribution in [0.4, 0.5) is 10.5 Å². The molecule has 0 radical (unpaired) electrons. The van der Waals surface area contributed by atoms with Crippen molar-refractivity contribution < 1.29 is 17.9 Å². The lowest BCUT2D eigenvalue weighted by Crippen LogP contribution is -2.38. The molecule has 0 saturated carbocycles. The molecule has 0 heterocycles. The zero-order valence-electron chi connectivity index (χ0n) is 11.9. The van der Waals surface area contributed by atoms with Crippen LogP contribution < -0.4 is 9.62 Å². The molecule has 0 atom stereocenters. The van der Waals surface area contributed by atoms with E-state index < -0.39 is 16.1 Å². The molecule has 1 rings (SSSR count). The van der Waals surface area contributed by atoms with Gasteiger partial charge in [-0.3, -0.25) is 4.31 Å². The van der Waals surface area contributed by atoms with E-state index in [9.17, 15) is 13.2 Å². The second-order valence-electron chi connectivity index (χ2n) is 4.24. The van der Waals surface area contributed by atoms with Gasteiger partial charge in [-0.2, -0.15) is 0 Å². The Labute approximate surface area is 119 Å². The summed E-state index contributed by atoms with van der Waals surface area (Å²) in [7, 11) is -2.15. The Morgan fingerprint density at radius 1 is 1.35 bits per heavy atom. The lowest BCUT2D eigenvalue weighted by molar-refractivity contribution is 0.171. The van der Waals surface area contributed by atoms with Gasteiger partial charge in [-0.15, -0.1) is 0 Å². The van der Waals surface area contributed by atoms with E-state index in [1.807, 2.05) is 19.1 Å². The number of sulfonamides is 1. The first kappa shape index (κ1) is 16.3. The summed E-state index contributed by atoms with van der Waals surface area (Å²) in [6, 6.07) is 7.31. The van der Waals surface area contributed by atoms with Gasteiger partial charge in [0.1, 0.15) is 0 Å². The summed E-state index contributed by atoms with van der Waals surface area (Å²) in [4.78, 5) is 11.0. The number of carbonyl (C=O) groups is 1. The molecule has 0 aliphatic heterocycles. The molecule has 1 aromatic rings. The lowest BCUT2D eigenvalue weighted by atomic mass is 10.1. The van der Waals surface area contributed by atoms with E-state index in [1.54, 1.807) is 12.1 Å². The first-order valence-corrected chi connectivity index (χ1v) is 8.12. The van der Waals surface area contributed by atoms with Crippen molar-refractivity contribution in [3.05, 3.63) is 29.8 Å². The van der Waals surface area contributed by atoms with Crippen LogP contribution in [0.25, 0.3) is 0 Å². The van der Waals surface area contributed by atoms with Crippen molar-refractivity contribution in [2.24, 2.45) is 0 Å². The first-order chi connectivity index (χ1) is 9.40. The number of amides is 1. The molecule has 0 aliphatic carbocycles. The fourth-order valence-electron chi connectivity index (χ4n) is 1.85. The molecule has 0 spiro atoms. The van der Waals surface area contributed by atoms with Gasteiger partial charge >= 0.3 is 6.09 Å². The van der Waals surface area contributed by atoms with Gasteiger partial charge in [-0.25, -0.2) is 13.2 Å². The average molecular weight is 300 g/mol. The van der Waals surface area contributed by atoms with Crippen LogP contribution in [0.5, 0.6) is 0 Å². The third-order valence-electron chi connectivity index (χ3n) is 2.81. The summed E-state index contributed by atoms with van der Waals surface area (Å²) in [5.41, 5.74) is 1.58. The monoisotopic (exact) mass is 300 g/mol. The van der Waals surface area contributed by atoms with Crippen molar-refractivity contribution in [3.8, 4) is 0 Å². The third-order valence-corrected chi connectivity index (χ3v) is 3.99. The van der Waals surface area contributed by atoms with Crippen molar-refractivity contribution >= 4 is 21.8 Å². The van der Waals surface area contributed by atoms with Crippen LogP contribution in [0.15, 0.2) is 24.3 Å². The minimum Gasteiger partial charge on any atom is -0.453 e. The molecule has 20 heavy (non-hydrogen) atoms. The number of carbonyl (C=O) groups excluding carboxylic acids is 1. The Balaban J connectivity index is 2.93. The number of ether oxygens (including phenoxy) is 1. The van der Waals surface area contributed by atoms with Crippen molar-refractivity contribution in [2.75, 3.05) is 30.8 Å². The number of nitrogens with one attached hydrogen (secondary N) is 1. The van der Waals surface area contributed by atoms with Gasteiger partial charge in [-0.05, 0) is 18.1 Å². The van der Waals surface area contributed by atoms with Crippen LogP contribution in [0, 0.1) is 0 Å². The van der Waals surface area contributed by atoms with Gasteiger partial charge in [-0.1, -0.05) is 25.1 Å². The summed E-state index contributed by atoms with van der Waals surface area (Å²) in [6.07, 6.45) is 1.30. The number of benzene rings is 1. The Hall–Kier alpha value is -1.76. The quantitative estimate of drug-likeness (QED) is 0.861. The highest BCUT2D eigenvalue weighted by Gasteiger charge is 2.19. The number of anilines is 1. The molecule has 0 saturated heterocycles. The number of hydrogen-bond acceptors (Lipinski definition) is 4. The molecule has 1 aromatic carbocycles. The summed E-state index contributed by atoms with van der Waals surface area (Å²) >= 11 is 0. The van der Waals surface area contributed by atoms with Crippen LogP contribution in [0.1, 0.15) is 12.5 Å². The maximum atomic E-state index is 11.9. The topological polar surface area (TPSA) is 75.7 Å². The second kappa shape index (κ2) is 7.14. The molecular formula is C13H20N2O4S. The molecular weight excluding hydrogens is 280 g/mol. The molecule has 0 aliphatic rings. The summed E-state index contributed by atoms with van der Waals surface area (Å²) < 4.78 is 29.6. The molecule has 0 bridgehead atoms. The highest BCUT2D eigenvalue weighted by Crippen LogP contribution is 2.22. The minimum absolute atomic E-state index is 0.158. The molecule has 1 N–H and O–H groups in total. The van der Waals surface area contributed by atoms with Gasteiger partial charge in [0.15, 0.2) is 0 Å². The van der Waals surface area contributed by atoms with Gasteiger partial charge in [0, 0.05) is 6.54 Å². The summed E-state index contributed by atoms with van der Waals surface area (Å²) in [5, 5.41) is 2.47. The van der Waals surface area contributed by atoms with E-state index in [0.717, 1.165) is 18.2 Å². The average Bonchev–Trinajstić information content (AvgIpc) is 2.42. The van der Waals surface area contributed by atoms with Crippen LogP contribution in [-0.4, -0.2) is 41.0 Å². The van der Waals surface area contributed by atoms with Crippen LogP contribution >= 0.6 is 0 Å². The number of rotatable bonds is 6. The zero-order valence-corrected chi connectivity index (χ0v) is 12.7. The fraction of sp³-hybridized carbons (Fsp3) is 0.462. The standard InChI is InChI=1S/C13H20N2O4S/c1-4-11-7-5-6-8-12(11)15(20(3,17)18)10-9-14-13(16)19-2/h5-8H,4,9-10H2,1-3H3,(H,14,16). The Bertz CT molecular complexity index is 557. The molecule has 7 heteroatoms. The zero-order chi connectivity index (χ0) is 15.2. The van der Waals surface area contributed by atoms with Gasteiger partial charge in [0.05, 0.1) is 25.6 Å². The van der Waals surface area contributed by atoms with E-state index in [2.05, 4.69) is 10.1 Å². The maximum absolute atomic E-state index is 11.9. The van der Waals surface area contributed by atoms with Crippen molar-refractivity contribution in [1.29, 1.82) is 0 Å². The first-order valence-electron chi connectivity index (χ1n) is 6.27. The molecule has 6 nitrogen and oxygen atoms in total. The highest BCUT2D eigenvalue weighted by atomic mass is 32.2. The summed E-state index contributed by atoms with van der Waals surface area (Å²) in [6.45, 7) is 2.30. The second-order valence-corrected chi connectivity index (χ2v) is 6.14. The number of methoxy groups -OCH3 is 1. The maximum Gasteiger partial charge on any atom is 0.406 e. The number of hydrogen-bond donors (Lipinski definition) is 1. The number of alkyl carbamates (subject to hydrolysis) is 1. The predicted molar refractivity (Wildman–Crippen MR) is 78.4 cm³/mol. The third kappa shape index (κ3) is 4.41. The molecule has 0 unspecified atom stereocenters. The van der Waals surface area contributed by atoms with Crippen LogP contribution in [-0.2, 0) is 21.2 Å². The number of nitrogens with zero attached hydrogens (tertiary/aromatic N) is 1. The Kier molecular flexibility index (Phi) is 5.82. The molecule has 0 aromatic heterocycles. The van der Waals surface area contributed by atoms with Gasteiger partial charge in [0.2, 0.25) is 10.0 Å². The summed E-state index contributed by atoms with van der Waals surface area (Å²) in [5.74, 6) is 0. The van der Waals surface area contributed by atoms with Crippen molar-refractivity contribution in [3.63, 3.8) is 0 Å². The van der Waals surface area contributed by atoms with Crippen molar-refractivity contribution in [1.82, 2.24) is 5.32 Å². The van der Waals surface area contributed by atoms with Crippen LogP contribution in [0.3, 0.4) is 0 Å². The van der Waals surface area contributed by atoms with Crippen LogP contribution in [0.2, 0.25) is 0 Å². The largest absolute Gasteiger partial charge is 0.453 e. The lowest BCUT2D eigenvalue weighted by Gasteiger charge is -2.24. The van der Waals surface area contributed by atoms with Crippen molar-refractivity contribution in [2.45, 2.75) is 13.3 Å². The Morgan fingerprint density at radius 3 is 2.55 bits per heavy atom. The van der Waals surface area contributed by atoms with Gasteiger partial charge < -0.3 is 10.1 Å². The normalized spacial score (nSPS) is 10.9. The van der Waals surface area contributed by atoms with Gasteiger partial charge in [0.25, 0.3) is 0 Å². The smallest absolute Gasteiger partial charge is 0.406 e. The molecule has 0 fully saturated rings. The SMILES string of the molecule is CCc1ccccc1N(CCNC(=O)OC)S(C)(=O)=O. The van der Waals surface area contributed by atoms with E-state index >= 15 is 0 Å².